The number of nitrogens with zero attached hydrogens (tertiary/aromatic N) is 1. The summed E-state index contributed by atoms with van der Waals surface area (Å²) < 4.78 is 0. The summed E-state index contributed by atoms with van der Waals surface area (Å²) in [4.78, 5) is 2.82. The van der Waals surface area contributed by atoms with Crippen LogP contribution < -0.4 is 5.32 Å². The smallest absolute Gasteiger partial charge is 0.0223 e. The Kier molecular flexibility index (Phi) is 3.72. The van der Waals surface area contributed by atoms with E-state index >= 15 is 0 Å². The van der Waals surface area contributed by atoms with Gasteiger partial charge >= 0.3 is 0 Å². The first-order valence-corrected chi connectivity index (χ1v) is 7.84. The summed E-state index contributed by atoms with van der Waals surface area (Å²) in [5.74, 6) is 2.06. The van der Waals surface area contributed by atoms with Gasteiger partial charge in [0.05, 0.1) is 0 Å². The van der Waals surface area contributed by atoms with Gasteiger partial charge in [0, 0.05) is 25.2 Å². The van der Waals surface area contributed by atoms with E-state index in [1.54, 1.807) is 0 Å². The number of hydrogen-bond acceptors (Lipinski definition) is 2. The highest BCUT2D eigenvalue weighted by Crippen LogP contribution is 2.37. The molecule has 3 saturated carbocycles. The quantitative estimate of drug-likeness (QED) is 0.662. The van der Waals surface area contributed by atoms with Crippen molar-refractivity contribution in [3.05, 3.63) is 0 Å². The van der Waals surface area contributed by atoms with E-state index in [-0.39, 0.29) is 0 Å². The van der Waals surface area contributed by atoms with Crippen LogP contribution in [0.15, 0.2) is 0 Å². The van der Waals surface area contributed by atoms with Gasteiger partial charge in [-0.2, -0.15) is 0 Å². The summed E-state index contributed by atoms with van der Waals surface area (Å²) in [6, 6.07) is 1.76. The van der Waals surface area contributed by atoms with Gasteiger partial charge in [0.25, 0.3) is 0 Å². The first-order chi connectivity index (χ1) is 8.36. The molecule has 3 aliphatic carbocycles. The minimum atomic E-state index is 0.800. The molecule has 0 amide bonds. The minimum absolute atomic E-state index is 0.800. The molecule has 1 N–H and O–H groups in total. The van der Waals surface area contributed by atoms with Crippen LogP contribution >= 0.6 is 0 Å². The Hall–Kier alpha value is -0.0800. The van der Waals surface area contributed by atoms with Crippen molar-refractivity contribution in [2.75, 3.05) is 19.6 Å². The zero-order valence-electron chi connectivity index (χ0n) is 11.3. The predicted octanol–water partition coefficient (Wildman–Crippen LogP) is 2.64. The van der Waals surface area contributed by atoms with Gasteiger partial charge < -0.3 is 5.32 Å². The Labute approximate surface area is 106 Å². The van der Waals surface area contributed by atoms with Gasteiger partial charge in [-0.05, 0) is 63.3 Å². The van der Waals surface area contributed by atoms with Gasteiger partial charge in [-0.15, -0.1) is 0 Å². The molecule has 3 fully saturated rings. The van der Waals surface area contributed by atoms with Crippen LogP contribution in [-0.4, -0.2) is 36.6 Å². The molecule has 3 rings (SSSR count). The Balaban J connectivity index is 1.48. The van der Waals surface area contributed by atoms with Crippen molar-refractivity contribution < 1.29 is 0 Å². The largest absolute Gasteiger partial charge is 0.312 e. The third-order valence-electron chi connectivity index (χ3n) is 4.53. The number of nitrogens with one attached hydrogen (secondary N) is 1. The van der Waals surface area contributed by atoms with Crippen molar-refractivity contribution in [3.63, 3.8) is 0 Å². The molecular weight excluding hydrogens is 208 g/mol. The van der Waals surface area contributed by atoms with E-state index in [2.05, 4.69) is 17.1 Å². The first-order valence-electron chi connectivity index (χ1n) is 7.84. The van der Waals surface area contributed by atoms with E-state index in [0.29, 0.717) is 0 Å². The molecule has 0 heterocycles. The van der Waals surface area contributed by atoms with Gasteiger partial charge in [-0.3, -0.25) is 4.90 Å². The second kappa shape index (κ2) is 5.27. The summed E-state index contributed by atoms with van der Waals surface area (Å²) >= 11 is 0. The highest BCUT2D eigenvalue weighted by atomic mass is 15.2. The summed E-state index contributed by atoms with van der Waals surface area (Å²) in [5.41, 5.74) is 0. The van der Waals surface area contributed by atoms with E-state index in [0.717, 1.165) is 23.9 Å². The maximum atomic E-state index is 3.80. The lowest BCUT2D eigenvalue weighted by Crippen LogP contribution is -2.44. The van der Waals surface area contributed by atoms with Crippen LogP contribution in [0.4, 0.5) is 0 Å². The van der Waals surface area contributed by atoms with Crippen molar-refractivity contribution in [1.29, 1.82) is 0 Å². The summed E-state index contributed by atoms with van der Waals surface area (Å²) in [6.07, 6.45) is 10.2. The van der Waals surface area contributed by atoms with Crippen LogP contribution in [-0.2, 0) is 0 Å². The van der Waals surface area contributed by atoms with Crippen LogP contribution in [0.2, 0.25) is 0 Å². The average molecular weight is 236 g/mol. The van der Waals surface area contributed by atoms with Gasteiger partial charge in [0.2, 0.25) is 0 Å². The molecule has 0 spiro atoms. The molecule has 0 aromatic rings. The van der Waals surface area contributed by atoms with Gasteiger partial charge in [0.1, 0.15) is 0 Å². The third kappa shape index (κ3) is 3.69. The zero-order valence-corrected chi connectivity index (χ0v) is 11.3. The Morgan fingerprint density at radius 2 is 1.88 bits per heavy atom. The van der Waals surface area contributed by atoms with Crippen molar-refractivity contribution in [2.24, 2.45) is 11.8 Å². The molecule has 0 bridgehead atoms. The monoisotopic (exact) mass is 236 g/mol. The molecule has 0 saturated heterocycles. The molecule has 0 aromatic carbocycles. The summed E-state index contributed by atoms with van der Waals surface area (Å²) in [7, 11) is 0. The molecule has 0 radical (unpaired) electrons. The highest BCUT2D eigenvalue weighted by molar-refractivity contribution is 4.94. The number of rotatable bonds is 9. The Bertz CT molecular complexity index is 241. The summed E-state index contributed by atoms with van der Waals surface area (Å²) in [6.45, 7) is 6.23. The first kappa shape index (κ1) is 12.0. The Morgan fingerprint density at radius 3 is 2.41 bits per heavy atom. The lowest BCUT2D eigenvalue weighted by atomic mass is 10.1. The lowest BCUT2D eigenvalue weighted by molar-refractivity contribution is 0.214. The molecule has 1 atom stereocenters. The van der Waals surface area contributed by atoms with Gasteiger partial charge in [-0.25, -0.2) is 0 Å². The van der Waals surface area contributed by atoms with E-state index in [4.69, 9.17) is 0 Å². The van der Waals surface area contributed by atoms with Gasteiger partial charge in [0.15, 0.2) is 0 Å². The SMILES string of the molecule is CCCNC(CN(CC1CC1)C1CC1)C1CC1. The standard InChI is InChI=1S/C15H28N2/c1-2-9-16-15(13-5-6-13)11-17(14-7-8-14)10-12-3-4-12/h12-16H,2-11H2,1H3. The topological polar surface area (TPSA) is 15.3 Å². The third-order valence-corrected chi connectivity index (χ3v) is 4.53. The van der Waals surface area contributed by atoms with E-state index in [1.807, 2.05) is 0 Å². The fraction of sp³-hybridized carbons (Fsp3) is 1.00. The van der Waals surface area contributed by atoms with Crippen molar-refractivity contribution in [2.45, 2.75) is 64.0 Å². The Morgan fingerprint density at radius 1 is 1.12 bits per heavy atom. The fourth-order valence-corrected chi connectivity index (χ4v) is 2.91. The second-order valence-corrected chi connectivity index (χ2v) is 6.53. The fourth-order valence-electron chi connectivity index (χ4n) is 2.91. The lowest BCUT2D eigenvalue weighted by Gasteiger charge is -2.28. The molecule has 1 unspecified atom stereocenters. The predicted molar refractivity (Wildman–Crippen MR) is 72.1 cm³/mol. The van der Waals surface area contributed by atoms with Crippen LogP contribution in [0.5, 0.6) is 0 Å². The van der Waals surface area contributed by atoms with Crippen LogP contribution in [0.3, 0.4) is 0 Å². The molecule has 2 nitrogen and oxygen atoms in total. The zero-order chi connectivity index (χ0) is 11.7. The van der Waals surface area contributed by atoms with Crippen LogP contribution in [0.25, 0.3) is 0 Å². The average Bonchev–Trinajstić information content (AvgIpc) is 3.15. The molecule has 17 heavy (non-hydrogen) atoms. The van der Waals surface area contributed by atoms with Crippen molar-refractivity contribution in [3.8, 4) is 0 Å². The molecule has 2 heteroatoms. The molecule has 0 aromatic heterocycles. The second-order valence-electron chi connectivity index (χ2n) is 6.53. The van der Waals surface area contributed by atoms with Crippen molar-refractivity contribution >= 4 is 0 Å². The summed E-state index contributed by atoms with van der Waals surface area (Å²) in [5, 5.41) is 3.80. The highest BCUT2D eigenvalue weighted by Gasteiger charge is 2.38. The maximum absolute atomic E-state index is 3.80. The van der Waals surface area contributed by atoms with E-state index < -0.39 is 0 Å². The minimum Gasteiger partial charge on any atom is -0.312 e. The molecular formula is C15H28N2. The van der Waals surface area contributed by atoms with E-state index in [1.165, 1.54) is 64.6 Å². The molecule has 3 aliphatic rings. The number of hydrogen-bond donors (Lipinski definition) is 1. The maximum Gasteiger partial charge on any atom is 0.0223 e. The van der Waals surface area contributed by atoms with Crippen LogP contribution in [0, 0.1) is 11.8 Å². The van der Waals surface area contributed by atoms with Crippen molar-refractivity contribution in [1.82, 2.24) is 10.2 Å². The normalized spacial score (nSPS) is 26.5. The molecule has 98 valence electrons. The van der Waals surface area contributed by atoms with Gasteiger partial charge in [-0.1, -0.05) is 6.92 Å². The van der Waals surface area contributed by atoms with E-state index in [9.17, 15) is 0 Å². The van der Waals surface area contributed by atoms with Crippen LogP contribution in [0.1, 0.15) is 51.9 Å². The molecule has 0 aliphatic heterocycles.